The van der Waals surface area contributed by atoms with Crippen molar-refractivity contribution in [3.8, 4) is 0 Å². The van der Waals surface area contributed by atoms with Gasteiger partial charge >= 0.3 is 0 Å². The summed E-state index contributed by atoms with van der Waals surface area (Å²) in [5, 5.41) is 10.4. The normalized spacial score (nSPS) is 11.7. The van der Waals surface area contributed by atoms with Crippen molar-refractivity contribution < 1.29 is 4.52 Å². The zero-order valence-electron chi connectivity index (χ0n) is 12.9. The van der Waals surface area contributed by atoms with E-state index in [0.717, 1.165) is 41.1 Å². The minimum absolute atomic E-state index is 0.570. The Balaban J connectivity index is 1.90. The first-order chi connectivity index (χ1) is 10.1. The third-order valence-corrected chi connectivity index (χ3v) is 3.85. The molecular weight excluding hydrogens is 286 g/mol. The van der Waals surface area contributed by atoms with Gasteiger partial charge in [0.1, 0.15) is 0 Å². The number of thiazole rings is 1. The van der Waals surface area contributed by atoms with Crippen LogP contribution in [0.5, 0.6) is 0 Å². The second-order valence-corrected chi connectivity index (χ2v) is 5.82. The first-order valence-electron chi connectivity index (χ1n) is 6.89. The van der Waals surface area contributed by atoms with Crippen molar-refractivity contribution in [3.05, 3.63) is 33.6 Å². The summed E-state index contributed by atoms with van der Waals surface area (Å²) in [7, 11) is 3.75. The van der Waals surface area contributed by atoms with Gasteiger partial charge in [0.25, 0.3) is 0 Å². The number of guanidine groups is 1. The van der Waals surface area contributed by atoms with Crippen molar-refractivity contribution in [1.29, 1.82) is 0 Å². The molecule has 0 aliphatic heterocycles. The number of hydrogen-bond acceptors (Lipinski definition) is 5. The van der Waals surface area contributed by atoms with E-state index in [0.29, 0.717) is 6.54 Å². The topological polar surface area (TPSA) is 66.6 Å². The van der Waals surface area contributed by atoms with Crippen LogP contribution < -0.4 is 5.32 Å². The maximum Gasteiger partial charge on any atom is 0.194 e. The Hall–Kier alpha value is -1.89. The molecule has 2 heterocycles. The summed E-state index contributed by atoms with van der Waals surface area (Å²) in [6.45, 7) is 5.36. The van der Waals surface area contributed by atoms with Gasteiger partial charge in [-0.15, -0.1) is 11.3 Å². The van der Waals surface area contributed by atoms with Gasteiger partial charge in [-0.3, -0.25) is 4.99 Å². The van der Waals surface area contributed by atoms with E-state index in [2.05, 4.69) is 32.8 Å². The lowest BCUT2D eigenvalue weighted by molar-refractivity contribution is 0.371. The van der Waals surface area contributed by atoms with Crippen molar-refractivity contribution in [2.75, 3.05) is 14.1 Å². The number of aliphatic imine (C=N–C) groups is 1. The molecule has 114 valence electrons. The van der Waals surface area contributed by atoms with Crippen LogP contribution >= 0.6 is 11.3 Å². The number of nitrogens with one attached hydrogen (secondary N) is 1. The molecule has 2 aromatic heterocycles. The predicted molar refractivity (Wildman–Crippen MR) is 84.4 cm³/mol. The highest BCUT2D eigenvalue weighted by atomic mass is 32.1. The highest BCUT2D eigenvalue weighted by molar-refractivity contribution is 7.09. The van der Waals surface area contributed by atoms with Crippen LogP contribution in [0.15, 0.2) is 21.0 Å². The maximum atomic E-state index is 5.26. The summed E-state index contributed by atoms with van der Waals surface area (Å²) < 4.78 is 5.26. The lowest BCUT2D eigenvalue weighted by Gasteiger charge is -2.20. The third-order valence-electron chi connectivity index (χ3n) is 3.03. The monoisotopic (exact) mass is 307 g/mol. The first kappa shape index (κ1) is 15.5. The quantitative estimate of drug-likeness (QED) is 0.677. The standard InChI is InChI=1S/C14H21N5OS/c1-5-11-6-13(20-18-11)7-16-14(15-3)19(4)8-12-9-21-10(2)17-12/h6,9H,5,7-8H2,1-4H3,(H,15,16). The average Bonchev–Trinajstić information content (AvgIpc) is 3.08. The molecule has 6 nitrogen and oxygen atoms in total. The van der Waals surface area contributed by atoms with Crippen molar-refractivity contribution in [1.82, 2.24) is 20.4 Å². The van der Waals surface area contributed by atoms with Gasteiger partial charge in [0.15, 0.2) is 11.7 Å². The van der Waals surface area contributed by atoms with E-state index < -0.39 is 0 Å². The van der Waals surface area contributed by atoms with E-state index in [9.17, 15) is 0 Å². The van der Waals surface area contributed by atoms with Crippen LogP contribution in [0.1, 0.15) is 29.1 Å². The molecule has 0 saturated carbocycles. The highest BCUT2D eigenvalue weighted by Gasteiger charge is 2.10. The Labute approximate surface area is 128 Å². The fourth-order valence-electron chi connectivity index (χ4n) is 1.96. The number of aromatic nitrogens is 2. The Morgan fingerprint density at radius 3 is 2.86 bits per heavy atom. The first-order valence-corrected chi connectivity index (χ1v) is 7.77. The number of aryl methyl sites for hydroxylation is 2. The lowest BCUT2D eigenvalue weighted by Crippen LogP contribution is -2.38. The van der Waals surface area contributed by atoms with Gasteiger partial charge in [0.2, 0.25) is 0 Å². The van der Waals surface area contributed by atoms with E-state index >= 15 is 0 Å². The Morgan fingerprint density at radius 1 is 1.48 bits per heavy atom. The van der Waals surface area contributed by atoms with Gasteiger partial charge in [-0.2, -0.15) is 0 Å². The molecule has 0 radical (unpaired) electrons. The van der Waals surface area contributed by atoms with E-state index in [1.165, 1.54) is 0 Å². The van der Waals surface area contributed by atoms with Crippen LogP contribution in [-0.4, -0.2) is 35.1 Å². The molecule has 1 N–H and O–H groups in total. The Kier molecular flexibility index (Phi) is 5.32. The summed E-state index contributed by atoms with van der Waals surface area (Å²) in [4.78, 5) is 10.8. The molecule has 0 amide bonds. The molecule has 0 fully saturated rings. The third kappa shape index (κ3) is 4.29. The van der Waals surface area contributed by atoms with Crippen molar-refractivity contribution in [2.24, 2.45) is 4.99 Å². The highest BCUT2D eigenvalue weighted by Crippen LogP contribution is 2.10. The molecule has 21 heavy (non-hydrogen) atoms. The number of nitrogens with zero attached hydrogens (tertiary/aromatic N) is 4. The molecular formula is C14H21N5OS. The zero-order valence-corrected chi connectivity index (χ0v) is 13.7. The second kappa shape index (κ2) is 7.21. The van der Waals surface area contributed by atoms with Crippen LogP contribution in [0.3, 0.4) is 0 Å². The maximum absolute atomic E-state index is 5.26. The fourth-order valence-corrected chi connectivity index (χ4v) is 2.56. The van der Waals surface area contributed by atoms with Crippen LogP contribution in [0, 0.1) is 6.92 Å². The number of rotatable bonds is 5. The summed E-state index contributed by atoms with van der Waals surface area (Å²) >= 11 is 1.66. The second-order valence-electron chi connectivity index (χ2n) is 4.75. The summed E-state index contributed by atoms with van der Waals surface area (Å²) in [6, 6.07) is 1.96. The molecule has 0 aromatic carbocycles. The van der Waals surface area contributed by atoms with Gasteiger partial charge in [-0.05, 0) is 13.3 Å². The van der Waals surface area contributed by atoms with Crippen LogP contribution in [-0.2, 0) is 19.5 Å². The van der Waals surface area contributed by atoms with Crippen LogP contribution in [0.25, 0.3) is 0 Å². The van der Waals surface area contributed by atoms with Crippen molar-refractivity contribution in [2.45, 2.75) is 33.4 Å². The summed E-state index contributed by atoms with van der Waals surface area (Å²) in [5.74, 6) is 1.61. The lowest BCUT2D eigenvalue weighted by atomic mass is 10.3. The SMILES string of the molecule is CCc1cc(CNC(=NC)N(C)Cc2csc(C)n2)on1. The molecule has 0 aliphatic rings. The number of hydrogen-bond donors (Lipinski definition) is 1. The molecule has 7 heteroatoms. The molecule has 0 bridgehead atoms. The van der Waals surface area contributed by atoms with Gasteiger partial charge < -0.3 is 14.7 Å². The van der Waals surface area contributed by atoms with Gasteiger partial charge in [0, 0.05) is 25.5 Å². The van der Waals surface area contributed by atoms with E-state index in [-0.39, 0.29) is 0 Å². The van der Waals surface area contributed by atoms with E-state index in [1.807, 2.05) is 24.9 Å². The molecule has 0 atom stereocenters. The Morgan fingerprint density at radius 2 is 2.29 bits per heavy atom. The average molecular weight is 307 g/mol. The summed E-state index contributed by atoms with van der Waals surface area (Å²) in [5.41, 5.74) is 2.02. The van der Waals surface area contributed by atoms with Crippen LogP contribution in [0.2, 0.25) is 0 Å². The van der Waals surface area contributed by atoms with Crippen molar-refractivity contribution >= 4 is 17.3 Å². The van der Waals surface area contributed by atoms with Crippen molar-refractivity contribution in [3.63, 3.8) is 0 Å². The molecule has 0 aliphatic carbocycles. The summed E-state index contributed by atoms with van der Waals surface area (Å²) in [6.07, 6.45) is 0.876. The minimum Gasteiger partial charge on any atom is -0.359 e. The molecule has 2 aromatic rings. The Bertz CT molecular complexity index is 604. The molecule has 0 saturated heterocycles. The van der Waals surface area contributed by atoms with Crippen LogP contribution in [0.4, 0.5) is 0 Å². The molecule has 2 rings (SSSR count). The van der Waals surface area contributed by atoms with Gasteiger partial charge in [-0.1, -0.05) is 12.1 Å². The molecule has 0 unspecified atom stereocenters. The predicted octanol–water partition coefficient (Wildman–Crippen LogP) is 2.21. The van der Waals surface area contributed by atoms with Gasteiger partial charge in [0.05, 0.1) is 29.5 Å². The smallest absolute Gasteiger partial charge is 0.194 e. The van der Waals surface area contributed by atoms with Gasteiger partial charge in [-0.25, -0.2) is 4.98 Å². The molecule has 0 spiro atoms. The zero-order chi connectivity index (χ0) is 15.2. The minimum atomic E-state index is 0.570. The van der Waals surface area contributed by atoms with E-state index in [1.54, 1.807) is 18.4 Å². The fraction of sp³-hybridized carbons (Fsp3) is 0.500. The largest absolute Gasteiger partial charge is 0.359 e. The van der Waals surface area contributed by atoms with E-state index in [4.69, 9.17) is 4.52 Å².